The number of carbonyl (C=O) groups excluding carboxylic acids is 2. The molecule has 0 unspecified atom stereocenters. The molecule has 2 aromatic carbocycles. The second kappa shape index (κ2) is 8.03. The molecule has 1 saturated carbocycles. The van der Waals surface area contributed by atoms with Gasteiger partial charge in [-0.25, -0.2) is 13.6 Å². The summed E-state index contributed by atoms with van der Waals surface area (Å²) >= 11 is 0. The zero-order valence-electron chi connectivity index (χ0n) is 14.4. The molecule has 1 aliphatic carbocycles. The number of anilines is 1. The molecule has 4 N–H and O–H groups in total. The highest BCUT2D eigenvalue weighted by Crippen LogP contribution is 2.27. The van der Waals surface area contributed by atoms with Crippen molar-refractivity contribution in [2.45, 2.75) is 31.5 Å². The summed E-state index contributed by atoms with van der Waals surface area (Å²) in [6.07, 6.45) is 0.568. The standard InChI is InChI=1S/C19H19F2N3O3/c20-15-9-16(21)17(8-14(15)18(22)25)23-12-6-13(7-12)24-19(26)27-10-11-4-2-1-3-5-11/h1-5,8-9,12-13,23H,6-7,10H2,(H2,22,25)(H,24,26). The molecule has 2 aromatic rings. The molecule has 1 fully saturated rings. The molecule has 0 radical (unpaired) electrons. The fourth-order valence-electron chi connectivity index (χ4n) is 2.85. The van der Waals surface area contributed by atoms with Crippen LogP contribution in [0.15, 0.2) is 42.5 Å². The van der Waals surface area contributed by atoms with E-state index in [1.54, 1.807) is 0 Å². The number of nitrogens with one attached hydrogen (secondary N) is 2. The zero-order valence-corrected chi connectivity index (χ0v) is 14.4. The van der Waals surface area contributed by atoms with Crippen molar-refractivity contribution in [2.75, 3.05) is 5.32 Å². The smallest absolute Gasteiger partial charge is 0.407 e. The molecular formula is C19H19F2N3O3. The van der Waals surface area contributed by atoms with Crippen molar-refractivity contribution in [1.29, 1.82) is 0 Å². The van der Waals surface area contributed by atoms with Crippen LogP contribution in [-0.2, 0) is 11.3 Å². The van der Waals surface area contributed by atoms with E-state index in [-0.39, 0.29) is 29.9 Å². The molecule has 142 valence electrons. The van der Waals surface area contributed by atoms with Crippen LogP contribution in [0, 0.1) is 11.6 Å². The summed E-state index contributed by atoms with van der Waals surface area (Å²) in [6, 6.07) is 10.8. The topological polar surface area (TPSA) is 93.5 Å². The van der Waals surface area contributed by atoms with Crippen molar-refractivity contribution >= 4 is 17.7 Å². The number of primary amides is 1. The van der Waals surface area contributed by atoms with Crippen LogP contribution in [0.5, 0.6) is 0 Å². The van der Waals surface area contributed by atoms with Crippen LogP contribution in [0.2, 0.25) is 0 Å². The highest BCUT2D eigenvalue weighted by atomic mass is 19.1. The second-order valence-corrected chi connectivity index (χ2v) is 6.39. The van der Waals surface area contributed by atoms with Gasteiger partial charge in [0, 0.05) is 18.2 Å². The Hall–Kier alpha value is -3.16. The van der Waals surface area contributed by atoms with Crippen molar-refractivity contribution < 1.29 is 23.1 Å². The van der Waals surface area contributed by atoms with Gasteiger partial charge < -0.3 is 21.1 Å². The monoisotopic (exact) mass is 375 g/mol. The zero-order chi connectivity index (χ0) is 19.4. The number of rotatable bonds is 6. The molecule has 0 bridgehead atoms. The molecule has 0 saturated heterocycles. The van der Waals surface area contributed by atoms with Crippen molar-refractivity contribution in [3.05, 3.63) is 65.2 Å². The number of hydrogen-bond acceptors (Lipinski definition) is 4. The Bertz CT molecular complexity index is 840. The van der Waals surface area contributed by atoms with Gasteiger partial charge in [0.1, 0.15) is 18.2 Å². The van der Waals surface area contributed by atoms with E-state index in [0.717, 1.165) is 11.6 Å². The Labute approximate surface area is 154 Å². The summed E-state index contributed by atoms with van der Waals surface area (Å²) in [5.41, 5.74) is 5.58. The first-order chi connectivity index (χ1) is 12.9. The Morgan fingerprint density at radius 3 is 2.44 bits per heavy atom. The van der Waals surface area contributed by atoms with Gasteiger partial charge in [-0.2, -0.15) is 0 Å². The predicted octanol–water partition coefficient (Wildman–Crippen LogP) is 2.93. The first-order valence-electron chi connectivity index (χ1n) is 8.45. The number of nitrogens with two attached hydrogens (primary N) is 1. The lowest BCUT2D eigenvalue weighted by atomic mass is 9.86. The van der Waals surface area contributed by atoms with Gasteiger partial charge in [0.2, 0.25) is 0 Å². The van der Waals surface area contributed by atoms with E-state index in [0.29, 0.717) is 18.9 Å². The van der Waals surface area contributed by atoms with Gasteiger partial charge in [-0.1, -0.05) is 30.3 Å². The molecule has 8 heteroatoms. The SMILES string of the molecule is NC(=O)c1cc(NC2CC(NC(=O)OCc3ccccc3)C2)c(F)cc1F. The molecule has 6 nitrogen and oxygen atoms in total. The quantitative estimate of drug-likeness (QED) is 0.724. The maximum atomic E-state index is 13.8. The molecule has 1 aliphatic rings. The highest BCUT2D eigenvalue weighted by Gasteiger charge is 2.31. The summed E-state index contributed by atoms with van der Waals surface area (Å²) < 4.78 is 32.5. The van der Waals surface area contributed by atoms with Gasteiger partial charge in [0.25, 0.3) is 5.91 Å². The number of halogens is 2. The van der Waals surface area contributed by atoms with Crippen molar-refractivity contribution in [2.24, 2.45) is 5.73 Å². The van der Waals surface area contributed by atoms with Crippen LogP contribution < -0.4 is 16.4 Å². The van der Waals surface area contributed by atoms with E-state index >= 15 is 0 Å². The first kappa shape index (κ1) is 18.6. The van der Waals surface area contributed by atoms with Crippen LogP contribution in [0.1, 0.15) is 28.8 Å². The summed E-state index contributed by atoms with van der Waals surface area (Å²) in [4.78, 5) is 23.0. The molecule has 27 heavy (non-hydrogen) atoms. The van der Waals surface area contributed by atoms with Crippen LogP contribution in [-0.4, -0.2) is 24.1 Å². The lowest BCUT2D eigenvalue weighted by Gasteiger charge is -2.36. The van der Waals surface area contributed by atoms with E-state index < -0.39 is 23.6 Å². The minimum absolute atomic E-state index is 0.000282. The molecule has 0 spiro atoms. The molecule has 0 heterocycles. The number of hydrogen-bond donors (Lipinski definition) is 3. The molecule has 0 aromatic heterocycles. The Balaban J connectivity index is 1.45. The van der Waals surface area contributed by atoms with Gasteiger partial charge in [0.15, 0.2) is 0 Å². The average Bonchev–Trinajstić information content (AvgIpc) is 2.60. The van der Waals surface area contributed by atoms with E-state index in [9.17, 15) is 18.4 Å². The molecular weight excluding hydrogens is 356 g/mol. The van der Waals surface area contributed by atoms with Gasteiger partial charge in [0.05, 0.1) is 11.3 Å². The predicted molar refractivity (Wildman–Crippen MR) is 95.1 cm³/mol. The van der Waals surface area contributed by atoms with E-state index in [4.69, 9.17) is 10.5 Å². The number of ether oxygens (including phenoxy) is 1. The van der Waals surface area contributed by atoms with Gasteiger partial charge >= 0.3 is 6.09 Å². The molecule has 2 amide bonds. The fraction of sp³-hybridized carbons (Fsp3) is 0.263. The number of carbonyl (C=O) groups is 2. The minimum atomic E-state index is -1.00. The third-order valence-electron chi connectivity index (χ3n) is 4.35. The lowest BCUT2D eigenvalue weighted by Crippen LogP contribution is -2.49. The normalized spacial score (nSPS) is 18.3. The van der Waals surface area contributed by atoms with Crippen molar-refractivity contribution in [1.82, 2.24) is 5.32 Å². The van der Waals surface area contributed by atoms with Crippen LogP contribution in [0.3, 0.4) is 0 Å². The summed E-state index contributed by atoms with van der Waals surface area (Å²) in [5.74, 6) is -2.78. The Morgan fingerprint density at radius 1 is 1.07 bits per heavy atom. The van der Waals surface area contributed by atoms with Crippen LogP contribution in [0.25, 0.3) is 0 Å². The third-order valence-corrected chi connectivity index (χ3v) is 4.35. The van der Waals surface area contributed by atoms with Crippen LogP contribution >= 0.6 is 0 Å². The summed E-state index contributed by atoms with van der Waals surface area (Å²) in [6.45, 7) is 0.178. The van der Waals surface area contributed by atoms with Gasteiger partial charge in [-0.05, 0) is 24.5 Å². The maximum Gasteiger partial charge on any atom is 0.407 e. The first-order valence-corrected chi connectivity index (χ1v) is 8.45. The Morgan fingerprint density at radius 2 is 1.78 bits per heavy atom. The second-order valence-electron chi connectivity index (χ2n) is 6.39. The van der Waals surface area contributed by atoms with Gasteiger partial charge in [-0.3, -0.25) is 4.79 Å². The van der Waals surface area contributed by atoms with Crippen molar-refractivity contribution in [3.63, 3.8) is 0 Å². The fourth-order valence-corrected chi connectivity index (χ4v) is 2.85. The maximum absolute atomic E-state index is 13.8. The van der Waals surface area contributed by atoms with Crippen LogP contribution in [0.4, 0.5) is 19.3 Å². The number of amides is 2. The minimum Gasteiger partial charge on any atom is -0.445 e. The average molecular weight is 375 g/mol. The molecule has 0 aliphatic heterocycles. The van der Waals surface area contributed by atoms with E-state index in [2.05, 4.69) is 10.6 Å². The third kappa shape index (κ3) is 4.72. The van der Waals surface area contributed by atoms with Gasteiger partial charge in [-0.15, -0.1) is 0 Å². The summed E-state index contributed by atoms with van der Waals surface area (Å²) in [5, 5.41) is 5.62. The molecule has 3 rings (SSSR count). The Kier molecular flexibility index (Phi) is 5.54. The van der Waals surface area contributed by atoms with Crippen molar-refractivity contribution in [3.8, 4) is 0 Å². The number of alkyl carbamates (subject to hydrolysis) is 1. The van der Waals surface area contributed by atoms with E-state index in [1.807, 2.05) is 30.3 Å². The number of benzene rings is 2. The lowest BCUT2D eigenvalue weighted by molar-refractivity contribution is 0.0996. The largest absolute Gasteiger partial charge is 0.445 e. The van der Waals surface area contributed by atoms with E-state index in [1.165, 1.54) is 0 Å². The molecule has 0 atom stereocenters. The summed E-state index contributed by atoms with van der Waals surface area (Å²) in [7, 11) is 0. The highest BCUT2D eigenvalue weighted by molar-refractivity contribution is 5.94.